The predicted octanol–water partition coefficient (Wildman–Crippen LogP) is -0.510. The molecule has 0 aliphatic carbocycles. The van der Waals surface area contributed by atoms with Crippen LogP contribution in [0.2, 0.25) is 0 Å². The van der Waals surface area contributed by atoms with Crippen LogP contribution >= 0.6 is 0 Å². The van der Waals surface area contributed by atoms with Crippen molar-refractivity contribution in [2.75, 3.05) is 43.2 Å². The molecule has 2 rings (SSSR count). The van der Waals surface area contributed by atoms with Gasteiger partial charge in [-0.3, -0.25) is 15.8 Å². The number of amidine groups is 1. The molecule has 2 heterocycles. The zero-order valence-electron chi connectivity index (χ0n) is 11.8. The van der Waals surface area contributed by atoms with Gasteiger partial charge >= 0.3 is 0 Å². The molecule has 0 amide bonds. The SMILES string of the molecule is CCNCC1=Nc2c(N)nc(N)nc2NN1CNCC. The second kappa shape index (κ2) is 6.35. The smallest absolute Gasteiger partial charge is 0.224 e. The maximum atomic E-state index is 5.85. The number of nitrogens with one attached hydrogen (secondary N) is 3. The minimum Gasteiger partial charge on any atom is -0.382 e. The topological polar surface area (TPSA) is 130 Å². The molecule has 20 heavy (non-hydrogen) atoms. The van der Waals surface area contributed by atoms with E-state index >= 15 is 0 Å². The standard InChI is InChI=1S/C11H21N9/c1-3-14-5-7-16-8-9(12)17-11(13)18-10(8)19-20(7)6-15-4-2/h14-15H,3-6H2,1-2H3,(H5,12,13,17,18,19). The highest BCUT2D eigenvalue weighted by Gasteiger charge is 2.22. The van der Waals surface area contributed by atoms with Crippen LogP contribution in [0.25, 0.3) is 0 Å². The molecule has 0 bridgehead atoms. The number of likely N-dealkylation sites (N-methyl/N-ethyl adjacent to an activating group) is 1. The van der Waals surface area contributed by atoms with Crippen molar-refractivity contribution >= 4 is 29.1 Å². The number of aliphatic imine (C=N–C) groups is 1. The van der Waals surface area contributed by atoms with Gasteiger partial charge in [0.1, 0.15) is 5.84 Å². The summed E-state index contributed by atoms with van der Waals surface area (Å²) < 4.78 is 0. The van der Waals surface area contributed by atoms with Crippen LogP contribution in [0.15, 0.2) is 4.99 Å². The summed E-state index contributed by atoms with van der Waals surface area (Å²) in [5.74, 6) is 1.74. The third-order valence-corrected chi connectivity index (χ3v) is 2.77. The van der Waals surface area contributed by atoms with E-state index in [0.717, 1.165) is 18.9 Å². The van der Waals surface area contributed by atoms with E-state index in [-0.39, 0.29) is 11.8 Å². The lowest BCUT2D eigenvalue weighted by Crippen LogP contribution is -2.48. The lowest BCUT2D eigenvalue weighted by Gasteiger charge is -2.31. The summed E-state index contributed by atoms with van der Waals surface area (Å²) >= 11 is 0. The highest BCUT2D eigenvalue weighted by atomic mass is 15.6. The number of nitrogen functional groups attached to an aromatic ring is 2. The molecule has 0 unspecified atom stereocenters. The maximum Gasteiger partial charge on any atom is 0.224 e. The van der Waals surface area contributed by atoms with E-state index in [4.69, 9.17) is 11.5 Å². The summed E-state index contributed by atoms with van der Waals surface area (Å²) in [6.45, 7) is 7.01. The van der Waals surface area contributed by atoms with Gasteiger partial charge in [-0.15, -0.1) is 0 Å². The zero-order valence-corrected chi connectivity index (χ0v) is 11.8. The number of anilines is 3. The monoisotopic (exact) mass is 279 g/mol. The molecule has 0 radical (unpaired) electrons. The lowest BCUT2D eigenvalue weighted by molar-refractivity contribution is 0.433. The van der Waals surface area contributed by atoms with Gasteiger partial charge in [-0.05, 0) is 13.1 Å². The van der Waals surface area contributed by atoms with Gasteiger partial charge < -0.3 is 16.8 Å². The first-order valence-corrected chi connectivity index (χ1v) is 6.61. The molecule has 0 atom stereocenters. The van der Waals surface area contributed by atoms with E-state index in [1.807, 2.05) is 18.9 Å². The van der Waals surface area contributed by atoms with Gasteiger partial charge in [0.15, 0.2) is 17.3 Å². The Morgan fingerprint density at radius 1 is 1.15 bits per heavy atom. The molecule has 0 saturated carbocycles. The van der Waals surface area contributed by atoms with Crippen molar-refractivity contribution in [3.63, 3.8) is 0 Å². The number of aromatic nitrogens is 2. The minimum absolute atomic E-state index is 0.127. The molecule has 7 N–H and O–H groups in total. The number of fused-ring (bicyclic) bond motifs is 1. The fourth-order valence-electron chi connectivity index (χ4n) is 1.79. The van der Waals surface area contributed by atoms with Crippen molar-refractivity contribution in [2.45, 2.75) is 13.8 Å². The Hall–Kier alpha value is -2.13. The lowest BCUT2D eigenvalue weighted by atomic mass is 10.4. The van der Waals surface area contributed by atoms with Gasteiger partial charge in [-0.1, -0.05) is 13.8 Å². The summed E-state index contributed by atoms with van der Waals surface area (Å²) in [5, 5.41) is 8.35. The highest BCUT2D eigenvalue weighted by Crippen LogP contribution is 2.32. The first-order chi connectivity index (χ1) is 9.65. The summed E-state index contributed by atoms with van der Waals surface area (Å²) in [4.78, 5) is 12.6. The van der Waals surface area contributed by atoms with Crippen molar-refractivity contribution in [1.29, 1.82) is 0 Å². The molecular formula is C11H21N9. The van der Waals surface area contributed by atoms with Crippen LogP contribution in [0, 0.1) is 0 Å². The molecule has 110 valence electrons. The molecular weight excluding hydrogens is 258 g/mol. The Kier molecular flexibility index (Phi) is 4.53. The van der Waals surface area contributed by atoms with Gasteiger partial charge in [0.05, 0.1) is 13.2 Å². The summed E-state index contributed by atoms with van der Waals surface area (Å²) in [6.07, 6.45) is 0. The van der Waals surface area contributed by atoms with E-state index in [9.17, 15) is 0 Å². The Bertz CT molecular complexity index is 499. The van der Waals surface area contributed by atoms with Gasteiger partial charge in [0.25, 0.3) is 0 Å². The average Bonchev–Trinajstić information content (AvgIpc) is 2.42. The van der Waals surface area contributed by atoms with Crippen LogP contribution in [0.1, 0.15) is 13.8 Å². The van der Waals surface area contributed by atoms with Crippen LogP contribution in [0.4, 0.5) is 23.3 Å². The molecule has 0 fully saturated rings. The van der Waals surface area contributed by atoms with Crippen LogP contribution < -0.4 is 27.5 Å². The molecule has 9 nitrogen and oxygen atoms in total. The number of hydrazine groups is 1. The van der Waals surface area contributed by atoms with E-state index in [0.29, 0.717) is 24.7 Å². The molecule has 1 aromatic rings. The zero-order chi connectivity index (χ0) is 14.5. The first-order valence-electron chi connectivity index (χ1n) is 6.61. The Labute approximate surface area is 117 Å². The van der Waals surface area contributed by atoms with E-state index < -0.39 is 0 Å². The van der Waals surface area contributed by atoms with Crippen LogP contribution in [0.5, 0.6) is 0 Å². The normalized spacial score (nSPS) is 13.7. The minimum atomic E-state index is 0.127. The summed E-state index contributed by atoms with van der Waals surface area (Å²) in [6, 6.07) is 0. The third-order valence-electron chi connectivity index (χ3n) is 2.77. The number of nitrogens with zero attached hydrogens (tertiary/aromatic N) is 4. The molecule has 0 saturated heterocycles. The molecule has 1 aromatic heterocycles. The van der Waals surface area contributed by atoms with Crippen LogP contribution in [-0.2, 0) is 0 Å². The van der Waals surface area contributed by atoms with Crippen molar-refractivity contribution in [1.82, 2.24) is 25.6 Å². The summed E-state index contributed by atoms with van der Waals surface area (Å²) in [7, 11) is 0. The van der Waals surface area contributed by atoms with Gasteiger partial charge in [-0.2, -0.15) is 9.97 Å². The number of rotatable bonds is 6. The van der Waals surface area contributed by atoms with Crippen LogP contribution in [0.3, 0.4) is 0 Å². The number of nitrogens with two attached hydrogens (primary N) is 2. The largest absolute Gasteiger partial charge is 0.382 e. The highest BCUT2D eigenvalue weighted by molar-refractivity contribution is 5.94. The third kappa shape index (κ3) is 3.06. The molecule has 1 aliphatic rings. The predicted molar refractivity (Wildman–Crippen MR) is 80.5 cm³/mol. The van der Waals surface area contributed by atoms with Crippen LogP contribution in [-0.4, -0.2) is 47.1 Å². The Balaban J connectivity index is 2.29. The van der Waals surface area contributed by atoms with Gasteiger partial charge in [0.2, 0.25) is 5.95 Å². The number of hydrogen-bond acceptors (Lipinski definition) is 9. The maximum absolute atomic E-state index is 5.85. The van der Waals surface area contributed by atoms with Crippen molar-refractivity contribution in [3.05, 3.63) is 0 Å². The fourth-order valence-corrected chi connectivity index (χ4v) is 1.79. The molecule has 1 aliphatic heterocycles. The quantitative estimate of drug-likeness (QED) is 0.471. The summed E-state index contributed by atoms with van der Waals surface area (Å²) in [5.41, 5.74) is 15.1. The molecule has 0 spiro atoms. The van der Waals surface area contributed by atoms with E-state index in [2.05, 4.69) is 31.0 Å². The number of hydrogen-bond donors (Lipinski definition) is 5. The molecule has 9 heteroatoms. The second-order valence-electron chi connectivity index (χ2n) is 4.27. The van der Waals surface area contributed by atoms with E-state index in [1.165, 1.54) is 0 Å². The second-order valence-corrected chi connectivity index (χ2v) is 4.27. The van der Waals surface area contributed by atoms with E-state index in [1.54, 1.807) is 0 Å². The van der Waals surface area contributed by atoms with Gasteiger partial charge in [-0.25, -0.2) is 4.99 Å². The van der Waals surface area contributed by atoms with Crippen molar-refractivity contribution in [2.24, 2.45) is 4.99 Å². The first kappa shape index (κ1) is 14.3. The molecule has 0 aromatic carbocycles. The Morgan fingerprint density at radius 2 is 1.90 bits per heavy atom. The fraction of sp³-hybridized carbons (Fsp3) is 0.545. The van der Waals surface area contributed by atoms with Crippen molar-refractivity contribution < 1.29 is 0 Å². The Morgan fingerprint density at radius 3 is 2.60 bits per heavy atom. The van der Waals surface area contributed by atoms with Crippen molar-refractivity contribution in [3.8, 4) is 0 Å². The average molecular weight is 279 g/mol. The van der Waals surface area contributed by atoms with Gasteiger partial charge in [0, 0.05) is 0 Å².